The van der Waals surface area contributed by atoms with Gasteiger partial charge in [0.2, 0.25) is 0 Å². The van der Waals surface area contributed by atoms with Gasteiger partial charge < -0.3 is 10.1 Å². The lowest BCUT2D eigenvalue weighted by atomic mass is 9.84. The van der Waals surface area contributed by atoms with Crippen LogP contribution < -0.4 is 5.32 Å². The molecule has 2 aliphatic heterocycles. The minimum atomic E-state index is -0.185. The Labute approximate surface area is 157 Å². The Morgan fingerprint density at radius 3 is 3.12 bits per heavy atom. The van der Waals surface area contributed by atoms with Crippen LogP contribution in [0.5, 0.6) is 0 Å². The highest BCUT2D eigenvalue weighted by Gasteiger charge is 2.40. The van der Waals surface area contributed by atoms with Crippen molar-refractivity contribution >= 4 is 17.2 Å². The molecule has 1 N–H and O–H groups in total. The zero-order valence-electron chi connectivity index (χ0n) is 14.9. The summed E-state index contributed by atoms with van der Waals surface area (Å²) in [6, 6.07) is 4.43. The Bertz CT molecular complexity index is 751. The number of aryl methyl sites for hydroxylation is 1. The van der Waals surface area contributed by atoms with E-state index in [0.29, 0.717) is 24.1 Å². The van der Waals surface area contributed by atoms with Crippen LogP contribution in [0.1, 0.15) is 26.7 Å². The second-order valence-electron chi connectivity index (χ2n) is 7.13. The van der Waals surface area contributed by atoms with Gasteiger partial charge in [-0.1, -0.05) is 0 Å². The Kier molecular flexibility index (Phi) is 5.28. The van der Waals surface area contributed by atoms with E-state index < -0.39 is 0 Å². The molecule has 2 aliphatic rings. The number of aromatic nitrogens is 2. The van der Waals surface area contributed by atoms with Crippen molar-refractivity contribution in [3.05, 3.63) is 46.2 Å². The Morgan fingerprint density at radius 2 is 2.35 bits per heavy atom. The first-order valence-corrected chi connectivity index (χ1v) is 9.94. The molecule has 0 bridgehead atoms. The molecule has 2 fully saturated rings. The van der Waals surface area contributed by atoms with Crippen LogP contribution in [0.25, 0.3) is 0 Å². The van der Waals surface area contributed by atoms with E-state index in [2.05, 4.69) is 39.2 Å². The van der Waals surface area contributed by atoms with Crippen molar-refractivity contribution in [3.8, 4) is 0 Å². The lowest BCUT2D eigenvalue weighted by Crippen LogP contribution is -2.43. The number of thiophene rings is 1. The Morgan fingerprint density at radius 1 is 1.42 bits per heavy atom. The molecule has 2 saturated heterocycles. The maximum atomic E-state index is 12.1. The summed E-state index contributed by atoms with van der Waals surface area (Å²) in [7, 11) is 0. The molecule has 4 rings (SSSR count). The quantitative estimate of drug-likeness (QED) is 0.871. The number of amides is 1. The predicted molar refractivity (Wildman–Crippen MR) is 100 cm³/mol. The van der Waals surface area contributed by atoms with Crippen molar-refractivity contribution in [3.63, 3.8) is 0 Å². The second-order valence-corrected chi connectivity index (χ2v) is 8.50. The number of rotatable bonds is 5. The number of nitrogens with one attached hydrogen (secondary N) is 1. The fourth-order valence-corrected chi connectivity index (χ4v) is 4.94. The molecule has 0 radical (unpaired) electrons. The van der Waals surface area contributed by atoms with E-state index in [1.807, 2.05) is 11.3 Å². The van der Waals surface area contributed by atoms with Crippen LogP contribution in [0.2, 0.25) is 0 Å². The van der Waals surface area contributed by atoms with Crippen LogP contribution in [0.3, 0.4) is 0 Å². The molecule has 2 aromatic heterocycles. The van der Waals surface area contributed by atoms with Crippen LogP contribution in [-0.2, 0) is 11.3 Å². The second kappa shape index (κ2) is 7.82. The number of fused-ring (bicyclic) bond motifs is 1. The third-order valence-electron chi connectivity index (χ3n) is 5.31. The van der Waals surface area contributed by atoms with Gasteiger partial charge in [0.25, 0.3) is 5.91 Å². The van der Waals surface area contributed by atoms with Crippen molar-refractivity contribution in [1.29, 1.82) is 0 Å². The maximum absolute atomic E-state index is 12.1. The molecule has 7 heteroatoms. The van der Waals surface area contributed by atoms with Gasteiger partial charge in [-0.05, 0) is 37.9 Å². The number of hydrogen-bond donors (Lipinski definition) is 1. The molecule has 6 nitrogen and oxygen atoms in total. The van der Waals surface area contributed by atoms with E-state index in [0.717, 1.165) is 32.7 Å². The summed E-state index contributed by atoms with van der Waals surface area (Å²) in [4.78, 5) is 25.5. The van der Waals surface area contributed by atoms with Gasteiger partial charge in [-0.15, -0.1) is 11.3 Å². The fourth-order valence-electron chi connectivity index (χ4n) is 4.01. The molecule has 0 aliphatic carbocycles. The third kappa shape index (κ3) is 3.95. The Hall–Kier alpha value is -1.83. The van der Waals surface area contributed by atoms with Gasteiger partial charge in [-0.2, -0.15) is 0 Å². The van der Waals surface area contributed by atoms with E-state index in [4.69, 9.17) is 4.74 Å². The van der Waals surface area contributed by atoms with Crippen molar-refractivity contribution in [1.82, 2.24) is 20.2 Å². The number of likely N-dealkylation sites (tertiary alicyclic amines) is 1. The highest BCUT2D eigenvalue weighted by Crippen LogP contribution is 2.35. The summed E-state index contributed by atoms with van der Waals surface area (Å²) >= 11 is 1.88. The summed E-state index contributed by atoms with van der Waals surface area (Å²) in [6.45, 7) is 6.70. The minimum absolute atomic E-state index is 0.103. The zero-order chi connectivity index (χ0) is 17.9. The summed E-state index contributed by atoms with van der Waals surface area (Å²) in [6.07, 6.45) is 5.81. The maximum Gasteiger partial charge on any atom is 0.271 e. The molecule has 2 aromatic rings. The first-order chi connectivity index (χ1) is 12.7. The van der Waals surface area contributed by atoms with Gasteiger partial charge in [0, 0.05) is 47.7 Å². The van der Waals surface area contributed by atoms with Crippen LogP contribution in [0.4, 0.5) is 0 Å². The van der Waals surface area contributed by atoms with Crippen LogP contribution >= 0.6 is 11.3 Å². The molecule has 3 atom stereocenters. The molecule has 0 aromatic carbocycles. The number of carbonyl (C=O) groups is 1. The van der Waals surface area contributed by atoms with Gasteiger partial charge in [-0.25, -0.2) is 4.98 Å². The summed E-state index contributed by atoms with van der Waals surface area (Å²) < 4.78 is 6.01. The molecule has 26 heavy (non-hydrogen) atoms. The molecule has 0 spiro atoms. The minimum Gasteiger partial charge on any atom is -0.376 e. The zero-order valence-corrected chi connectivity index (χ0v) is 15.7. The monoisotopic (exact) mass is 372 g/mol. The smallest absolute Gasteiger partial charge is 0.271 e. The molecule has 1 amide bonds. The highest BCUT2D eigenvalue weighted by molar-refractivity contribution is 7.11. The fraction of sp³-hybridized carbons (Fsp3) is 0.526. The molecule has 138 valence electrons. The van der Waals surface area contributed by atoms with Crippen LogP contribution in [-0.4, -0.2) is 53.1 Å². The topological polar surface area (TPSA) is 67.3 Å². The molecule has 4 heterocycles. The highest BCUT2D eigenvalue weighted by atomic mass is 32.1. The van der Waals surface area contributed by atoms with Crippen molar-refractivity contribution in [2.45, 2.75) is 26.0 Å². The third-order valence-corrected chi connectivity index (χ3v) is 6.30. The number of piperidine rings is 1. The van der Waals surface area contributed by atoms with Gasteiger partial charge in [-0.3, -0.25) is 14.7 Å². The van der Waals surface area contributed by atoms with E-state index >= 15 is 0 Å². The van der Waals surface area contributed by atoms with Crippen LogP contribution in [0, 0.1) is 18.8 Å². The number of hydrogen-bond acceptors (Lipinski definition) is 6. The van der Waals surface area contributed by atoms with Crippen molar-refractivity contribution < 1.29 is 9.53 Å². The summed E-state index contributed by atoms with van der Waals surface area (Å²) in [5.74, 6) is 0.900. The molecular weight excluding hydrogens is 348 g/mol. The van der Waals surface area contributed by atoms with Crippen molar-refractivity contribution in [2.75, 3.05) is 26.2 Å². The van der Waals surface area contributed by atoms with E-state index in [1.54, 1.807) is 6.20 Å². The largest absolute Gasteiger partial charge is 0.376 e. The predicted octanol–water partition coefficient (Wildman–Crippen LogP) is 2.11. The average Bonchev–Trinajstić information content (AvgIpc) is 3.26. The number of nitrogens with zero attached hydrogens (tertiary/aromatic N) is 3. The standard InChI is InChI=1S/C19H24N4O2S/c1-13-2-3-15(26-13)11-23-7-4-16-14(10-23)12-25-18(16)9-22-19(24)17-8-20-5-6-21-17/h2-3,5-6,8,14,16,18H,4,7,9-12H2,1H3,(H,22,24)/t14-,16-,18+/m0/s1. The lowest BCUT2D eigenvalue weighted by molar-refractivity contribution is 0.0741. The summed E-state index contributed by atoms with van der Waals surface area (Å²) in [5.41, 5.74) is 0.350. The molecule has 0 unspecified atom stereocenters. The SMILES string of the molecule is Cc1ccc(CN2CC[C@H]3[C@H](CO[C@@H]3CNC(=O)c3cnccn3)C2)s1. The van der Waals surface area contributed by atoms with Gasteiger partial charge in [0.05, 0.1) is 18.9 Å². The van der Waals surface area contributed by atoms with Crippen molar-refractivity contribution in [2.24, 2.45) is 11.8 Å². The van der Waals surface area contributed by atoms with Gasteiger partial charge in [0.1, 0.15) is 5.69 Å². The number of ether oxygens (including phenoxy) is 1. The Balaban J connectivity index is 1.28. The van der Waals surface area contributed by atoms with Gasteiger partial charge >= 0.3 is 0 Å². The van der Waals surface area contributed by atoms with Crippen LogP contribution in [0.15, 0.2) is 30.7 Å². The first-order valence-electron chi connectivity index (χ1n) is 9.12. The normalized spacial score (nSPS) is 25.8. The summed E-state index contributed by atoms with van der Waals surface area (Å²) in [5, 5.41) is 2.95. The average molecular weight is 372 g/mol. The number of carbonyl (C=O) groups excluding carboxylic acids is 1. The first kappa shape index (κ1) is 17.6. The van der Waals surface area contributed by atoms with E-state index in [1.165, 1.54) is 22.1 Å². The lowest BCUT2D eigenvalue weighted by Gasteiger charge is -2.35. The van der Waals surface area contributed by atoms with Gasteiger partial charge in [0.15, 0.2) is 0 Å². The van der Waals surface area contributed by atoms with E-state index in [-0.39, 0.29) is 12.0 Å². The molecular formula is C19H24N4O2S. The van der Waals surface area contributed by atoms with E-state index in [9.17, 15) is 4.79 Å². The molecule has 0 saturated carbocycles.